The van der Waals surface area contributed by atoms with Gasteiger partial charge in [-0.25, -0.2) is 4.98 Å². The third kappa shape index (κ3) is 3.01. The van der Waals surface area contributed by atoms with Gasteiger partial charge in [0.25, 0.3) is 0 Å². The molecular weight excluding hydrogens is 312 g/mol. The van der Waals surface area contributed by atoms with E-state index in [1.807, 2.05) is 61.2 Å². The highest BCUT2D eigenvalue weighted by Gasteiger charge is 2.11. The Kier molecular flexibility index (Phi) is 3.76. The molecule has 0 radical (unpaired) electrons. The summed E-state index contributed by atoms with van der Waals surface area (Å²) in [5.74, 6) is 0.00425. The summed E-state index contributed by atoms with van der Waals surface area (Å²) in [6.45, 7) is 2.48. The molecule has 0 saturated heterocycles. The first-order valence-corrected chi connectivity index (χ1v) is 8.34. The largest absolute Gasteiger partial charge is 0.350 e. The SMILES string of the molecule is Cc1ccn2cc(CNC(=O)Cc3cn(C)c4ccccc34)nc2c1. The number of carbonyl (C=O) groups is 1. The van der Waals surface area contributed by atoms with Crippen molar-refractivity contribution in [1.29, 1.82) is 0 Å². The van der Waals surface area contributed by atoms with Crippen molar-refractivity contribution in [2.45, 2.75) is 19.9 Å². The molecule has 0 aliphatic heterocycles. The van der Waals surface area contributed by atoms with Crippen LogP contribution in [0.5, 0.6) is 0 Å². The average Bonchev–Trinajstić information content (AvgIpc) is 3.14. The van der Waals surface area contributed by atoms with Gasteiger partial charge in [-0.3, -0.25) is 4.79 Å². The maximum absolute atomic E-state index is 12.4. The molecule has 0 atom stereocenters. The highest BCUT2D eigenvalue weighted by molar-refractivity contribution is 5.89. The van der Waals surface area contributed by atoms with Crippen molar-refractivity contribution >= 4 is 22.5 Å². The van der Waals surface area contributed by atoms with Crippen LogP contribution in [0.1, 0.15) is 16.8 Å². The molecule has 0 unspecified atom stereocenters. The van der Waals surface area contributed by atoms with Crippen molar-refractivity contribution in [2.75, 3.05) is 0 Å². The van der Waals surface area contributed by atoms with Gasteiger partial charge in [-0.2, -0.15) is 0 Å². The zero-order valence-corrected chi connectivity index (χ0v) is 14.4. The van der Waals surface area contributed by atoms with Gasteiger partial charge < -0.3 is 14.3 Å². The molecule has 1 amide bonds. The van der Waals surface area contributed by atoms with Crippen LogP contribution >= 0.6 is 0 Å². The van der Waals surface area contributed by atoms with Crippen molar-refractivity contribution in [1.82, 2.24) is 19.3 Å². The molecule has 3 aromatic heterocycles. The molecule has 0 bridgehead atoms. The molecule has 126 valence electrons. The van der Waals surface area contributed by atoms with Crippen LogP contribution in [0.15, 0.2) is 55.0 Å². The number of para-hydroxylation sites is 1. The second-order valence-corrected chi connectivity index (χ2v) is 6.44. The second kappa shape index (κ2) is 6.09. The van der Waals surface area contributed by atoms with Crippen LogP contribution < -0.4 is 5.32 Å². The quantitative estimate of drug-likeness (QED) is 0.624. The zero-order chi connectivity index (χ0) is 17.4. The van der Waals surface area contributed by atoms with Gasteiger partial charge in [0.1, 0.15) is 5.65 Å². The van der Waals surface area contributed by atoms with E-state index in [-0.39, 0.29) is 5.91 Å². The summed E-state index contributed by atoms with van der Waals surface area (Å²) >= 11 is 0. The lowest BCUT2D eigenvalue weighted by Crippen LogP contribution is -2.24. The lowest BCUT2D eigenvalue weighted by molar-refractivity contribution is -0.120. The number of aryl methyl sites for hydroxylation is 2. The summed E-state index contributed by atoms with van der Waals surface area (Å²) < 4.78 is 4.03. The maximum atomic E-state index is 12.4. The Hall–Kier alpha value is -3.08. The van der Waals surface area contributed by atoms with Gasteiger partial charge in [-0.05, 0) is 36.2 Å². The Labute approximate surface area is 145 Å². The third-order valence-electron chi connectivity index (χ3n) is 4.46. The van der Waals surface area contributed by atoms with E-state index in [9.17, 15) is 4.79 Å². The number of fused-ring (bicyclic) bond motifs is 2. The van der Waals surface area contributed by atoms with Crippen molar-refractivity contribution in [3.8, 4) is 0 Å². The summed E-state index contributed by atoms with van der Waals surface area (Å²) in [7, 11) is 2.00. The van der Waals surface area contributed by atoms with Crippen molar-refractivity contribution in [2.24, 2.45) is 7.05 Å². The molecule has 1 aromatic carbocycles. The highest BCUT2D eigenvalue weighted by atomic mass is 16.1. The van der Waals surface area contributed by atoms with E-state index in [0.29, 0.717) is 13.0 Å². The number of carbonyl (C=O) groups excluding carboxylic acids is 1. The lowest BCUT2D eigenvalue weighted by Gasteiger charge is -2.02. The first-order chi connectivity index (χ1) is 12.1. The van der Waals surface area contributed by atoms with Gasteiger partial charge in [0.05, 0.1) is 18.7 Å². The number of nitrogens with zero attached hydrogens (tertiary/aromatic N) is 3. The fourth-order valence-corrected chi connectivity index (χ4v) is 3.21. The standard InChI is InChI=1S/C20H20N4O/c1-14-7-8-24-13-16(22-19(24)9-14)11-21-20(25)10-15-12-23(2)18-6-4-3-5-17(15)18/h3-9,12-13H,10-11H2,1-2H3,(H,21,25). The van der Waals surface area contributed by atoms with E-state index in [0.717, 1.165) is 27.8 Å². The molecule has 25 heavy (non-hydrogen) atoms. The van der Waals surface area contributed by atoms with Gasteiger partial charge in [0, 0.05) is 36.5 Å². The lowest BCUT2D eigenvalue weighted by atomic mass is 10.1. The van der Waals surface area contributed by atoms with Crippen LogP contribution in [0.4, 0.5) is 0 Å². The van der Waals surface area contributed by atoms with Crippen LogP contribution in [0.3, 0.4) is 0 Å². The number of pyridine rings is 1. The number of imidazole rings is 1. The van der Waals surface area contributed by atoms with E-state index in [2.05, 4.69) is 27.0 Å². The van der Waals surface area contributed by atoms with E-state index >= 15 is 0 Å². The minimum absolute atomic E-state index is 0.00425. The average molecular weight is 332 g/mol. The third-order valence-corrected chi connectivity index (χ3v) is 4.46. The first-order valence-electron chi connectivity index (χ1n) is 8.34. The van der Waals surface area contributed by atoms with Crippen molar-refractivity contribution in [3.05, 3.63) is 71.8 Å². The number of benzene rings is 1. The zero-order valence-electron chi connectivity index (χ0n) is 14.4. The smallest absolute Gasteiger partial charge is 0.224 e. The molecule has 0 fully saturated rings. The Morgan fingerprint density at radius 1 is 1.20 bits per heavy atom. The predicted octanol–water partition coefficient (Wildman–Crippen LogP) is 2.99. The molecule has 0 spiro atoms. The molecule has 3 heterocycles. The number of hydrogen-bond donors (Lipinski definition) is 1. The molecule has 5 heteroatoms. The van der Waals surface area contributed by atoms with Gasteiger partial charge in [-0.15, -0.1) is 0 Å². The Morgan fingerprint density at radius 3 is 2.92 bits per heavy atom. The van der Waals surface area contributed by atoms with E-state index in [1.54, 1.807) is 0 Å². The molecule has 4 aromatic rings. The molecule has 4 rings (SSSR count). The Bertz CT molecular complexity index is 1070. The molecule has 5 nitrogen and oxygen atoms in total. The molecule has 0 saturated carbocycles. The van der Waals surface area contributed by atoms with E-state index < -0.39 is 0 Å². The number of amides is 1. The Balaban J connectivity index is 1.46. The first kappa shape index (κ1) is 15.4. The minimum atomic E-state index is 0.00425. The van der Waals surface area contributed by atoms with Crippen molar-refractivity contribution < 1.29 is 4.79 Å². The number of hydrogen-bond acceptors (Lipinski definition) is 2. The summed E-state index contributed by atoms with van der Waals surface area (Å²) in [4.78, 5) is 16.9. The fraction of sp³-hybridized carbons (Fsp3) is 0.200. The summed E-state index contributed by atoms with van der Waals surface area (Å²) in [5, 5.41) is 4.10. The van der Waals surface area contributed by atoms with Gasteiger partial charge in [0.2, 0.25) is 5.91 Å². The second-order valence-electron chi connectivity index (χ2n) is 6.44. The molecule has 0 aliphatic rings. The molecular formula is C20H20N4O. The maximum Gasteiger partial charge on any atom is 0.224 e. The van der Waals surface area contributed by atoms with Gasteiger partial charge in [-0.1, -0.05) is 18.2 Å². The number of aromatic nitrogens is 3. The number of rotatable bonds is 4. The van der Waals surface area contributed by atoms with E-state index in [4.69, 9.17) is 0 Å². The van der Waals surface area contributed by atoms with Crippen LogP contribution in [-0.2, 0) is 24.8 Å². The van der Waals surface area contributed by atoms with E-state index in [1.165, 1.54) is 5.56 Å². The summed E-state index contributed by atoms with van der Waals surface area (Å²) in [5.41, 5.74) is 5.11. The van der Waals surface area contributed by atoms with Crippen LogP contribution in [0.25, 0.3) is 16.6 Å². The summed E-state index contributed by atoms with van der Waals surface area (Å²) in [6.07, 6.45) is 6.33. The molecule has 0 aliphatic carbocycles. The highest BCUT2D eigenvalue weighted by Crippen LogP contribution is 2.20. The minimum Gasteiger partial charge on any atom is -0.350 e. The van der Waals surface area contributed by atoms with Crippen LogP contribution in [0.2, 0.25) is 0 Å². The normalized spacial score (nSPS) is 11.3. The van der Waals surface area contributed by atoms with Crippen LogP contribution in [0, 0.1) is 6.92 Å². The van der Waals surface area contributed by atoms with Gasteiger partial charge in [0.15, 0.2) is 0 Å². The topological polar surface area (TPSA) is 51.3 Å². The fourth-order valence-electron chi connectivity index (χ4n) is 3.21. The van der Waals surface area contributed by atoms with Crippen molar-refractivity contribution in [3.63, 3.8) is 0 Å². The number of nitrogens with one attached hydrogen (secondary N) is 1. The summed E-state index contributed by atoms with van der Waals surface area (Å²) in [6, 6.07) is 12.2. The monoisotopic (exact) mass is 332 g/mol. The predicted molar refractivity (Wildman–Crippen MR) is 98.4 cm³/mol. The van der Waals surface area contributed by atoms with Crippen LogP contribution in [-0.4, -0.2) is 19.9 Å². The molecule has 1 N–H and O–H groups in total. The Morgan fingerprint density at radius 2 is 2.04 bits per heavy atom. The van der Waals surface area contributed by atoms with Gasteiger partial charge >= 0.3 is 0 Å².